The Labute approximate surface area is 130 Å². The van der Waals surface area contributed by atoms with Crippen molar-refractivity contribution in [3.63, 3.8) is 0 Å². The van der Waals surface area contributed by atoms with Gasteiger partial charge in [-0.05, 0) is 17.0 Å². The van der Waals surface area contributed by atoms with Crippen LogP contribution in [0.2, 0.25) is 0 Å². The molecule has 2 nitrogen and oxygen atoms in total. The minimum Gasteiger partial charge on any atom is -0.314 e. The Morgan fingerprint density at radius 1 is 1.05 bits per heavy atom. The van der Waals surface area contributed by atoms with Crippen molar-refractivity contribution < 1.29 is 0 Å². The highest BCUT2D eigenvalue weighted by molar-refractivity contribution is 5.25. The molecule has 0 aromatic heterocycles. The molecular weight excluding hydrogens is 256 g/mol. The monoisotopic (exact) mass is 286 g/mol. The van der Waals surface area contributed by atoms with Gasteiger partial charge in [-0.2, -0.15) is 0 Å². The van der Waals surface area contributed by atoms with E-state index in [9.17, 15) is 0 Å². The normalized spacial score (nSPS) is 12.6. The summed E-state index contributed by atoms with van der Waals surface area (Å²) in [4.78, 5) is 2.32. The third-order valence-electron chi connectivity index (χ3n) is 3.56. The van der Waals surface area contributed by atoms with Gasteiger partial charge in [-0.3, -0.25) is 4.90 Å². The van der Waals surface area contributed by atoms with Crippen molar-refractivity contribution in [2.75, 3.05) is 19.6 Å². The van der Waals surface area contributed by atoms with Crippen molar-refractivity contribution in [2.24, 2.45) is 0 Å². The van der Waals surface area contributed by atoms with Gasteiger partial charge in [0.25, 0.3) is 0 Å². The van der Waals surface area contributed by atoms with Gasteiger partial charge in [-0.15, -0.1) is 13.2 Å². The quantitative estimate of drug-likeness (QED) is 0.655. The molecule has 0 fully saturated rings. The van der Waals surface area contributed by atoms with Crippen LogP contribution >= 0.6 is 0 Å². The van der Waals surface area contributed by atoms with E-state index in [1.54, 1.807) is 0 Å². The van der Waals surface area contributed by atoms with E-state index in [0.717, 1.165) is 26.2 Å². The predicted octanol–water partition coefficient (Wildman–Crippen LogP) is 3.96. The third kappa shape index (κ3) is 6.74. The second kappa shape index (κ2) is 9.54. The summed E-state index contributed by atoms with van der Waals surface area (Å²) in [6, 6.07) is 9.52. The van der Waals surface area contributed by atoms with Crippen molar-refractivity contribution in [1.29, 1.82) is 0 Å². The summed E-state index contributed by atoms with van der Waals surface area (Å²) in [6.45, 7) is 18.0. The first kappa shape index (κ1) is 17.7. The summed E-state index contributed by atoms with van der Waals surface area (Å²) in [5.41, 5.74) is 2.73. The molecule has 1 rings (SSSR count). The van der Waals surface area contributed by atoms with Gasteiger partial charge in [0.1, 0.15) is 0 Å². The van der Waals surface area contributed by atoms with Crippen LogP contribution in [0, 0.1) is 0 Å². The maximum absolute atomic E-state index is 3.81. The van der Waals surface area contributed by atoms with E-state index >= 15 is 0 Å². The number of hydrogen-bond donors (Lipinski definition) is 1. The number of benzene rings is 1. The molecular formula is C19H30N2. The number of nitrogens with zero attached hydrogens (tertiary/aromatic N) is 1. The van der Waals surface area contributed by atoms with Crippen LogP contribution in [0.3, 0.4) is 0 Å². The SMILES string of the molecule is C=CCN(CC=C)Cc1ccc(C(C)CNC(C)C)cc1. The lowest BCUT2D eigenvalue weighted by Gasteiger charge is -2.20. The van der Waals surface area contributed by atoms with E-state index in [4.69, 9.17) is 0 Å². The molecule has 116 valence electrons. The van der Waals surface area contributed by atoms with E-state index in [1.807, 2.05) is 12.2 Å². The molecule has 1 aromatic rings. The lowest BCUT2D eigenvalue weighted by atomic mass is 9.99. The van der Waals surface area contributed by atoms with Gasteiger partial charge >= 0.3 is 0 Å². The van der Waals surface area contributed by atoms with E-state index in [2.05, 4.69) is 68.4 Å². The molecule has 2 heteroatoms. The minimum absolute atomic E-state index is 0.540. The van der Waals surface area contributed by atoms with E-state index in [1.165, 1.54) is 11.1 Å². The molecule has 21 heavy (non-hydrogen) atoms. The molecule has 0 aliphatic carbocycles. The Bertz CT molecular complexity index is 410. The van der Waals surface area contributed by atoms with Gasteiger partial charge in [0.15, 0.2) is 0 Å². The minimum atomic E-state index is 0.540. The van der Waals surface area contributed by atoms with Crippen LogP contribution in [0.25, 0.3) is 0 Å². The average molecular weight is 286 g/mol. The van der Waals surface area contributed by atoms with Crippen LogP contribution in [0.15, 0.2) is 49.6 Å². The molecule has 1 atom stereocenters. The first-order valence-corrected chi connectivity index (χ1v) is 7.83. The molecule has 0 spiro atoms. The number of hydrogen-bond acceptors (Lipinski definition) is 2. The highest BCUT2D eigenvalue weighted by atomic mass is 15.1. The summed E-state index contributed by atoms with van der Waals surface area (Å²) in [7, 11) is 0. The first-order valence-electron chi connectivity index (χ1n) is 7.83. The lowest BCUT2D eigenvalue weighted by Crippen LogP contribution is -2.27. The molecule has 0 saturated carbocycles. The number of nitrogens with one attached hydrogen (secondary N) is 1. The molecule has 0 aliphatic heterocycles. The van der Waals surface area contributed by atoms with Crippen molar-refractivity contribution in [3.05, 3.63) is 60.7 Å². The standard InChI is InChI=1S/C19H30N2/c1-6-12-21(13-7-2)15-18-8-10-19(11-9-18)17(5)14-20-16(3)4/h6-11,16-17,20H,1-2,12-15H2,3-5H3. The summed E-state index contributed by atoms with van der Waals surface area (Å²) in [5.74, 6) is 0.541. The fraction of sp³-hybridized carbons (Fsp3) is 0.474. The van der Waals surface area contributed by atoms with Crippen LogP contribution < -0.4 is 5.32 Å². The van der Waals surface area contributed by atoms with Gasteiger partial charge < -0.3 is 5.32 Å². The van der Waals surface area contributed by atoms with Crippen molar-refractivity contribution in [3.8, 4) is 0 Å². The molecule has 0 heterocycles. The zero-order chi connectivity index (χ0) is 15.7. The Morgan fingerprint density at radius 2 is 1.62 bits per heavy atom. The molecule has 0 aliphatic rings. The third-order valence-corrected chi connectivity index (χ3v) is 3.56. The van der Waals surface area contributed by atoms with Crippen LogP contribution in [0.4, 0.5) is 0 Å². The van der Waals surface area contributed by atoms with Gasteiger partial charge in [0.2, 0.25) is 0 Å². The molecule has 0 bridgehead atoms. The highest BCUT2D eigenvalue weighted by Gasteiger charge is 2.07. The zero-order valence-corrected chi connectivity index (χ0v) is 13.8. The van der Waals surface area contributed by atoms with E-state index in [0.29, 0.717) is 12.0 Å². The van der Waals surface area contributed by atoms with Gasteiger partial charge in [0, 0.05) is 32.2 Å². The number of rotatable bonds is 10. The van der Waals surface area contributed by atoms with Crippen LogP contribution in [0.5, 0.6) is 0 Å². The Kier molecular flexibility index (Phi) is 8.03. The van der Waals surface area contributed by atoms with E-state index < -0.39 is 0 Å². The van der Waals surface area contributed by atoms with Crippen molar-refractivity contribution in [1.82, 2.24) is 10.2 Å². The molecule has 1 N–H and O–H groups in total. The maximum atomic E-state index is 3.81. The molecule has 0 amide bonds. The highest BCUT2D eigenvalue weighted by Crippen LogP contribution is 2.16. The molecule has 0 radical (unpaired) electrons. The largest absolute Gasteiger partial charge is 0.314 e. The van der Waals surface area contributed by atoms with Crippen LogP contribution in [-0.4, -0.2) is 30.6 Å². The summed E-state index contributed by atoms with van der Waals surface area (Å²) < 4.78 is 0. The first-order chi connectivity index (χ1) is 10.1. The summed E-state index contributed by atoms with van der Waals surface area (Å²) in [6.07, 6.45) is 3.88. The predicted molar refractivity (Wildman–Crippen MR) is 93.7 cm³/mol. The molecule has 1 aromatic carbocycles. The van der Waals surface area contributed by atoms with Crippen LogP contribution in [0.1, 0.15) is 37.8 Å². The van der Waals surface area contributed by atoms with E-state index in [-0.39, 0.29) is 0 Å². The smallest absolute Gasteiger partial charge is 0.0240 e. The average Bonchev–Trinajstić information content (AvgIpc) is 2.46. The fourth-order valence-corrected chi connectivity index (χ4v) is 2.31. The van der Waals surface area contributed by atoms with Crippen molar-refractivity contribution >= 4 is 0 Å². The Morgan fingerprint density at radius 3 is 2.10 bits per heavy atom. The van der Waals surface area contributed by atoms with Crippen molar-refractivity contribution in [2.45, 2.75) is 39.3 Å². The topological polar surface area (TPSA) is 15.3 Å². The second-order valence-electron chi connectivity index (χ2n) is 5.98. The lowest BCUT2D eigenvalue weighted by molar-refractivity contribution is 0.328. The summed E-state index contributed by atoms with van der Waals surface area (Å²) in [5, 5.41) is 3.49. The van der Waals surface area contributed by atoms with Crippen LogP contribution in [-0.2, 0) is 6.54 Å². The van der Waals surface area contributed by atoms with Gasteiger partial charge in [-0.1, -0.05) is 57.2 Å². The zero-order valence-electron chi connectivity index (χ0n) is 13.8. The Hall–Kier alpha value is -1.38. The fourth-order valence-electron chi connectivity index (χ4n) is 2.31. The molecule has 1 unspecified atom stereocenters. The van der Waals surface area contributed by atoms with Gasteiger partial charge in [0.05, 0.1) is 0 Å². The second-order valence-corrected chi connectivity index (χ2v) is 5.98. The maximum Gasteiger partial charge on any atom is 0.0240 e. The Balaban J connectivity index is 2.59. The van der Waals surface area contributed by atoms with Gasteiger partial charge in [-0.25, -0.2) is 0 Å². The molecule has 0 saturated heterocycles. The summed E-state index contributed by atoms with van der Waals surface area (Å²) >= 11 is 0.